The molecule has 0 bridgehead atoms. The van der Waals surface area contributed by atoms with Crippen LogP contribution in [-0.4, -0.2) is 17.6 Å². The van der Waals surface area contributed by atoms with Gasteiger partial charge in [0.15, 0.2) is 0 Å². The number of nitrogens with zero attached hydrogens (tertiary/aromatic N) is 1. The fourth-order valence-electron chi connectivity index (χ4n) is 2.15. The molecule has 2 aromatic rings. The number of anilines is 1. The number of benzene rings is 1. The quantitative estimate of drug-likeness (QED) is 0.782. The van der Waals surface area contributed by atoms with E-state index in [4.69, 9.17) is 0 Å². The molecule has 0 fully saturated rings. The monoisotopic (exact) mass is 271 g/mol. The van der Waals surface area contributed by atoms with Crippen LogP contribution in [0.25, 0.3) is 10.8 Å². The zero-order valence-electron chi connectivity index (χ0n) is 11.9. The van der Waals surface area contributed by atoms with Crippen LogP contribution >= 0.6 is 0 Å². The van der Waals surface area contributed by atoms with Crippen LogP contribution in [-0.2, 0) is 0 Å². The molecule has 0 aliphatic heterocycles. The van der Waals surface area contributed by atoms with E-state index < -0.39 is 0 Å². The van der Waals surface area contributed by atoms with Crippen molar-refractivity contribution < 1.29 is 4.79 Å². The second-order valence-electron chi connectivity index (χ2n) is 4.84. The molecule has 0 spiro atoms. The molecular weight excluding hydrogens is 250 g/mol. The molecule has 0 unspecified atom stereocenters. The highest BCUT2D eigenvalue weighted by molar-refractivity contribution is 6.01. The van der Waals surface area contributed by atoms with Gasteiger partial charge in [-0.1, -0.05) is 38.3 Å². The molecule has 0 aliphatic carbocycles. The van der Waals surface area contributed by atoms with Crippen molar-refractivity contribution in [2.75, 3.05) is 11.9 Å². The van der Waals surface area contributed by atoms with Crippen LogP contribution in [0.5, 0.6) is 0 Å². The molecule has 0 radical (unpaired) electrons. The van der Waals surface area contributed by atoms with E-state index in [1.807, 2.05) is 24.3 Å². The summed E-state index contributed by atoms with van der Waals surface area (Å²) >= 11 is 0. The Bertz CT molecular complexity index is 563. The first-order valence-corrected chi connectivity index (χ1v) is 7.19. The number of amides is 2. The van der Waals surface area contributed by atoms with Crippen LogP contribution in [0.1, 0.15) is 32.6 Å². The van der Waals surface area contributed by atoms with Gasteiger partial charge in [-0.25, -0.2) is 4.79 Å². The standard InChI is InChI=1S/C16H21N3O/c1-2-3-4-5-10-18-16(20)19-15-8-6-7-13-12-17-11-9-14(13)15/h6-9,11-12H,2-5,10H2,1H3,(H2,18,19,20). The van der Waals surface area contributed by atoms with Gasteiger partial charge in [-0.05, 0) is 18.6 Å². The van der Waals surface area contributed by atoms with E-state index in [0.29, 0.717) is 0 Å². The molecule has 0 saturated heterocycles. The van der Waals surface area contributed by atoms with E-state index in [0.717, 1.165) is 35.8 Å². The van der Waals surface area contributed by atoms with Crippen LogP contribution in [0.15, 0.2) is 36.7 Å². The van der Waals surface area contributed by atoms with Gasteiger partial charge in [0.2, 0.25) is 0 Å². The van der Waals surface area contributed by atoms with Crippen LogP contribution in [0.4, 0.5) is 10.5 Å². The Morgan fingerprint density at radius 2 is 2.10 bits per heavy atom. The Morgan fingerprint density at radius 3 is 2.95 bits per heavy atom. The average Bonchev–Trinajstić information content (AvgIpc) is 2.47. The lowest BCUT2D eigenvalue weighted by molar-refractivity contribution is 0.252. The van der Waals surface area contributed by atoms with Crippen molar-refractivity contribution in [2.45, 2.75) is 32.6 Å². The number of hydrogen-bond donors (Lipinski definition) is 2. The molecule has 0 saturated carbocycles. The summed E-state index contributed by atoms with van der Waals surface area (Å²) in [6, 6.07) is 7.56. The number of unbranched alkanes of at least 4 members (excludes halogenated alkanes) is 3. The summed E-state index contributed by atoms with van der Waals surface area (Å²) in [5, 5.41) is 7.81. The first kappa shape index (κ1) is 14.3. The fraction of sp³-hybridized carbons (Fsp3) is 0.375. The maximum atomic E-state index is 11.9. The van der Waals surface area contributed by atoms with Gasteiger partial charge >= 0.3 is 6.03 Å². The van der Waals surface area contributed by atoms with E-state index in [1.54, 1.807) is 12.4 Å². The minimum atomic E-state index is -0.147. The summed E-state index contributed by atoms with van der Waals surface area (Å²) < 4.78 is 0. The molecular formula is C16H21N3O. The highest BCUT2D eigenvalue weighted by Gasteiger charge is 2.04. The Balaban J connectivity index is 1.90. The summed E-state index contributed by atoms with van der Waals surface area (Å²) in [4.78, 5) is 15.9. The van der Waals surface area contributed by atoms with E-state index in [-0.39, 0.29) is 6.03 Å². The molecule has 1 heterocycles. The highest BCUT2D eigenvalue weighted by Crippen LogP contribution is 2.21. The van der Waals surface area contributed by atoms with Gasteiger partial charge in [0, 0.05) is 29.7 Å². The molecule has 20 heavy (non-hydrogen) atoms. The van der Waals surface area contributed by atoms with Crippen LogP contribution < -0.4 is 10.6 Å². The largest absolute Gasteiger partial charge is 0.338 e. The number of hydrogen-bond acceptors (Lipinski definition) is 2. The SMILES string of the molecule is CCCCCCNC(=O)Nc1cccc2cnccc12. The summed E-state index contributed by atoms with van der Waals surface area (Å²) in [7, 11) is 0. The maximum absolute atomic E-state index is 11.9. The lowest BCUT2D eigenvalue weighted by Crippen LogP contribution is -2.29. The third-order valence-corrected chi connectivity index (χ3v) is 3.24. The first-order valence-electron chi connectivity index (χ1n) is 7.19. The molecule has 2 amide bonds. The predicted octanol–water partition coefficient (Wildman–Crippen LogP) is 3.94. The number of nitrogens with one attached hydrogen (secondary N) is 2. The minimum absolute atomic E-state index is 0.147. The van der Waals surface area contributed by atoms with E-state index >= 15 is 0 Å². The zero-order chi connectivity index (χ0) is 14.2. The lowest BCUT2D eigenvalue weighted by Gasteiger charge is -2.09. The lowest BCUT2D eigenvalue weighted by atomic mass is 10.1. The van der Waals surface area contributed by atoms with Crippen molar-refractivity contribution in [2.24, 2.45) is 0 Å². The zero-order valence-corrected chi connectivity index (χ0v) is 11.9. The molecule has 4 nitrogen and oxygen atoms in total. The van der Waals surface area contributed by atoms with E-state index in [1.165, 1.54) is 12.8 Å². The second-order valence-corrected chi connectivity index (χ2v) is 4.84. The molecule has 106 valence electrons. The first-order chi connectivity index (χ1) is 9.81. The number of carbonyl (C=O) groups is 1. The number of urea groups is 1. The van der Waals surface area contributed by atoms with Gasteiger partial charge < -0.3 is 10.6 Å². The molecule has 4 heteroatoms. The van der Waals surface area contributed by atoms with Crippen molar-refractivity contribution in [1.29, 1.82) is 0 Å². The summed E-state index contributed by atoms with van der Waals surface area (Å²) in [5.74, 6) is 0. The third-order valence-electron chi connectivity index (χ3n) is 3.24. The molecule has 2 rings (SSSR count). The number of carbonyl (C=O) groups excluding carboxylic acids is 1. The second kappa shape index (κ2) is 7.48. The van der Waals surface area contributed by atoms with Crippen LogP contribution in [0.3, 0.4) is 0 Å². The number of rotatable bonds is 6. The molecule has 1 aromatic heterocycles. The van der Waals surface area contributed by atoms with Crippen LogP contribution in [0.2, 0.25) is 0 Å². The Kier molecular flexibility index (Phi) is 5.35. The predicted molar refractivity (Wildman–Crippen MR) is 82.9 cm³/mol. The summed E-state index contributed by atoms with van der Waals surface area (Å²) in [5.41, 5.74) is 0.816. The fourth-order valence-corrected chi connectivity index (χ4v) is 2.15. The van der Waals surface area contributed by atoms with Gasteiger partial charge in [0.25, 0.3) is 0 Å². The summed E-state index contributed by atoms with van der Waals surface area (Å²) in [6.45, 7) is 2.90. The summed E-state index contributed by atoms with van der Waals surface area (Å²) in [6.07, 6.45) is 8.15. The van der Waals surface area contributed by atoms with Gasteiger partial charge in [-0.2, -0.15) is 0 Å². The number of pyridine rings is 1. The van der Waals surface area contributed by atoms with Gasteiger partial charge in [0.05, 0.1) is 5.69 Å². The van der Waals surface area contributed by atoms with Crippen molar-refractivity contribution in [1.82, 2.24) is 10.3 Å². The highest BCUT2D eigenvalue weighted by atomic mass is 16.2. The molecule has 0 atom stereocenters. The minimum Gasteiger partial charge on any atom is -0.338 e. The Labute approximate surface area is 119 Å². The van der Waals surface area contributed by atoms with Crippen molar-refractivity contribution >= 4 is 22.5 Å². The van der Waals surface area contributed by atoms with Crippen LogP contribution in [0, 0.1) is 0 Å². The molecule has 2 N–H and O–H groups in total. The maximum Gasteiger partial charge on any atom is 0.319 e. The molecule has 0 aliphatic rings. The van der Waals surface area contributed by atoms with Crippen molar-refractivity contribution in [3.8, 4) is 0 Å². The van der Waals surface area contributed by atoms with Gasteiger partial charge in [-0.15, -0.1) is 0 Å². The van der Waals surface area contributed by atoms with Crippen molar-refractivity contribution in [3.63, 3.8) is 0 Å². The normalized spacial score (nSPS) is 10.4. The topological polar surface area (TPSA) is 54.0 Å². The van der Waals surface area contributed by atoms with E-state index in [2.05, 4.69) is 22.5 Å². The average molecular weight is 271 g/mol. The third kappa shape index (κ3) is 3.95. The Morgan fingerprint density at radius 1 is 1.20 bits per heavy atom. The smallest absolute Gasteiger partial charge is 0.319 e. The molecule has 1 aromatic carbocycles. The van der Waals surface area contributed by atoms with Crippen molar-refractivity contribution in [3.05, 3.63) is 36.7 Å². The van der Waals surface area contributed by atoms with Gasteiger partial charge in [0.1, 0.15) is 0 Å². The number of aromatic nitrogens is 1. The van der Waals surface area contributed by atoms with Gasteiger partial charge in [-0.3, -0.25) is 4.98 Å². The van der Waals surface area contributed by atoms with E-state index in [9.17, 15) is 4.79 Å². The Hall–Kier alpha value is -2.10. The number of fused-ring (bicyclic) bond motifs is 1.